The zero-order valence-corrected chi connectivity index (χ0v) is 16.9. The quantitative estimate of drug-likeness (QED) is 0.473. The van der Waals surface area contributed by atoms with Crippen LogP contribution in [0.2, 0.25) is 0 Å². The Labute approximate surface area is 159 Å². The first-order valence-electron chi connectivity index (χ1n) is 8.46. The zero-order chi connectivity index (χ0) is 18.8. The minimum Gasteiger partial charge on any atom is -0.497 e. The summed E-state index contributed by atoms with van der Waals surface area (Å²) in [4.78, 5) is 0. The molecule has 0 aliphatic carbocycles. The van der Waals surface area contributed by atoms with Crippen LogP contribution in [0, 0.1) is 0 Å². The Bertz CT molecular complexity index is 463. The van der Waals surface area contributed by atoms with Gasteiger partial charge in [-0.25, -0.2) is 0 Å². The minimum absolute atomic E-state index is 0.157. The Morgan fingerprint density at radius 2 is 1.52 bits per heavy atom. The van der Waals surface area contributed by atoms with Crippen LogP contribution in [0.1, 0.15) is 26.3 Å². The summed E-state index contributed by atoms with van der Waals surface area (Å²) < 4.78 is 10.7. The molecule has 4 unspecified atom stereocenters. The molecule has 5 nitrogen and oxygen atoms in total. The molecule has 144 valence electrons. The van der Waals surface area contributed by atoms with Gasteiger partial charge in [-0.3, -0.25) is 0 Å². The molecule has 0 aliphatic rings. The molecule has 1 rings (SSSR count). The Morgan fingerprint density at radius 1 is 0.960 bits per heavy atom. The molecule has 0 radical (unpaired) electrons. The number of rotatable bonds is 12. The molecule has 3 N–H and O–H groups in total. The summed E-state index contributed by atoms with van der Waals surface area (Å²) in [5, 5.41) is 31.1. The van der Waals surface area contributed by atoms with Gasteiger partial charge in [-0.1, -0.05) is 26.0 Å². The molecule has 0 saturated heterocycles. The van der Waals surface area contributed by atoms with Gasteiger partial charge in [0.1, 0.15) is 24.1 Å². The average Bonchev–Trinajstić information content (AvgIpc) is 2.61. The number of methoxy groups -OCH3 is 1. The van der Waals surface area contributed by atoms with E-state index in [1.807, 2.05) is 38.1 Å². The van der Waals surface area contributed by atoms with Crippen molar-refractivity contribution in [2.45, 2.75) is 56.4 Å². The highest BCUT2D eigenvalue weighted by molar-refractivity contribution is 8.17. The molecule has 1 aromatic rings. The molecule has 4 atom stereocenters. The van der Waals surface area contributed by atoms with Crippen LogP contribution in [0.4, 0.5) is 0 Å². The van der Waals surface area contributed by atoms with Crippen LogP contribution in [0.25, 0.3) is 0 Å². The number of hydrogen-bond donors (Lipinski definition) is 3. The van der Waals surface area contributed by atoms with E-state index in [0.717, 1.165) is 22.8 Å². The van der Waals surface area contributed by atoms with E-state index in [4.69, 9.17) is 9.47 Å². The Morgan fingerprint density at radius 3 is 1.96 bits per heavy atom. The molecule has 0 aliphatic heterocycles. The molecule has 7 heteroatoms. The fourth-order valence-corrected chi connectivity index (χ4v) is 4.94. The Hall–Kier alpha value is -0.440. The third-order valence-electron chi connectivity index (χ3n) is 3.70. The lowest BCUT2D eigenvalue weighted by molar-refractivity contribution is -0.131. The zero-order valence-electron chi connectivity index (χ0n) is 15.3. The van der Waals surface area contributed by atoms with Crippen molar-refractivity contribution in [3.05, 3.63) is 29.8 Å². The fraction of sp³-hybridized carbons (Fsp3) is 0.667. The minimum atomic E-state index is -1.17. The molecule has 1 aromatic carbocycles. The molecule has 25 heavy (non-hydrogen) atoms. The average molecular weight is 391 g/mol. The highest BCUT2D eigenvalue weighted by atomic mass is 32.2. The summed E-state index contributed by atoms with van der Waals surface area (Å²) in [6.07, 6.45) is -3.91. The number of ether oxygens (including phenoxy) is 2. The number of aliphatic hydroxyl groups excluding tert-OH is 3. The highest BCUT2D eigenvalue weighted by Crippen LogP contribution is 2.30. The normalized spacial score (nSPS) is 16.5. The van der Waals surface area contributed by atoms with Crippen molar-refractivity contribution in [3.8, 4) is 5.75 Å². The van der Waals surface area contributed by atoms with Gasteiger partial charge >= 0.3 is 0 Å². The molecule has 0 aromatic heterocycles. The SMILES string of the molecule is CCSC(SCC)C(O)C(O)C(OCc1ccc(OC)cc1)C(C)O. The third-order valence-corrected chi connectivity index (χ3v) is 6.40. The summed E-state index contributed by atoms with van der Waals surface area (Å²) in [6.45, 7) is 5.82. The first-order chi connectivity index (χ1) is 11.9. The van der Waals surface area contributed by atoms with Gasteiger partial charge < -0.3 is 24.8 Å². The smallest absolute Gasteiger partial charge is 0.118 e. The van der Waals surface area contributed by atoms with Crippen LogP contribution in [-0.2, 0) is 11.3 Å². The predicted molar refractivity (Wildman–Crippen MR) is 105 cm³/mol. The van der Waals surface area contributed by atoms with Gasteiger partial charge in [0.25, 0.3) is 0 Å². The van der Waals surface area contributed by atoms with Crippen molar-refractivity contribution in [1.82, 2.24) is 0 Å². The monoisotopic (exact) mass is 390 g/mol. The lowest BCUT2D eigenvalue weighted by Gasteiger charge is -2.32. The summed E-state index contributed by atoms with van der Waals surface area (Å²) in [6, 6.07) is 7.38. The van der Waals surface area contributed by atoms with Gasteiger partial charge in [0, 0.05) is 0 Å². The van der Waals surface area contributed by atoms with Gasteiger partial charge in [-0.05, 0) is 36.1 Å². The fourth-order valence-electron chi connectivity index (χ4n) is 2.37. The predicted octanol–water partition coefficient (Wildman–Crippen LogP) is 2.52. The van der Waals surface area contributed by atoms with Gasteiger partial charge in [-0.2, -0.15) is 0 Å². The van der Waals surface area contributed by atoms with Crippen molar-refractivity contribution >= 4 is 23.5 Å². The third kappa shape index (κ3) is 7.37. The highest BCUT2D eigenvalue weighted by Gasteiger charge is 2.35. The molecule has 0 saturated carbocycles. The van der Waals surface area contributed by atoms with Gasteiger partial charge in [0.15, 0.2) is 0 Å². The first kappa shape index (κ1) is 22.6. The summed E-state index contributed by atoms with van der Waals surface area (Å²) in [5.74, 6) is 2.43. The van der Waals surface area contributed by atoms with Crippen LogP contribution < -0.4 is 4.74 Å². The van der Waals surface area contributed by atoms with Crippen LogP contribution in [0.15, 0.2) is 24.3 Å². The van der Waals surface area contributed by atoms with Crippen LogP contribution in [0.3, 0.4) is 0 Å². The molecular formula is C18H30O5S2. The van der Waals surface area contributed by atoms with Gasteiger partial charge in [-0.15, -0.1) is 23.5 Å². The lowest BCUT2D eigenvalue weighted by Crippen LogP contribution is -2.48. The summed E-state index contributed by atoms with van der Waals surface area (Å²) in [7, 11) is 1.60. The number of aliphatic hydroxyl groups is 3. The maximum absolute atomic E-state index is 10.6. The van der Waals surface area contributed by atoms with Crippen LogP contribution in [-0.4, -0.2) is 62.9 Å². The second kappa shape index (κ2) is 12.0. The second-order valence-corrected chi connectivity index (χ2v) is 8.76. The maximum Gasteiger partial charge on any atom is 0.118 e. The second-order valence-electron chi connectivity index (χ2n) is 5.62. The van der Waals surface area contributed by atoms with E-state index in [2.05, 4.69) is 0 Å². The Balaban J connectivity index is 2.72. The molecule has 0 heterocycles. The molecule has 0 fully saturated rings. The van der Waals surface area contributed by atoms with E-state index in [1.165, 1.54) is 0 Å². The Kier molecular flexibility index (Phi) is 10.9. The van der Waals surface area contributed by atoms with E-state index in [0.29, 0.717) is 0 Å². The standard InChI is InChI=1S/C18H30O5S2/c1-5-24-18(25-6-2)16(21)15(20)17(12(3)19)23-11-13-7-9-14(22-4)10-8-13/h7-10,12,15-21H,5-6,11H2,1-4H3. The first-order valence-corrected chi connectivity index (χ1v) is 10.6. The van der Waals surface area contributed by atoms with Crippen molar-refractivity contribution in [3.63, 3.8) is 0 Å². The largest absolute Gasteiger partial charge is 0.497 e. The molecule has 0 amide bonds. The number of thioether (sulfide) groups is 2. The van der Waals surface area contributed by atoms with Crippen LogP contribution in [0.5, 0.6) is 5.75 Å². The van der Waals surface area contributed by atoms with Crippen molar-refractivity contribution in [1.29, 1.82) is 0 Å². The maximum atomic E-state index is 10.6. The van der Waals surface area contributed by atoms with E-state index in [9.17, 15) is 15.3 Å². The van der Waals surface area contributed by atoms with Crippen LogP contribution >= 0.6 is 23.5 Å². The van der Waals surface area contributed by atoms with Gasteiger partial charge in [0.2, 0.25) is 0 Å². The number of hydrogen-bond acceptors (Lipinski definition) is 7. The van der Waals surface area contributed by atoms with E-state index >= 15 is 0 Å². The molecule has 0 spiro atoms. The summed E-state index contributed by atoms with van der Waals surface area (Å²) >= 11 is 3.17. The van der Waals surface area contributed by atoms with Crippen molar-refractivity contribution in [2.75, 3.05) is 18.6 Å². The van der Waals surface area contributed by atoms with Gasteiger partial charge in [0.05, 0.1) is 24.4 Å². The van der Waals surface area contributed by atoms with E-state index in [1.54, 1.807) is 37.6 Å². The lowest BCUT2D eigenvalue weighted by atomic mass is 10.0. The van der Waals surface area contributed by atoms with E-state index < -0.39 is 24.4 Å². The van der Waals surface area contributed by atoms with Crippen molar-refractivity contribution in [2.24, 2.45) is 0 Å². The van der Waals surface area contributed by atoms with Crippen molar-refractivity contribution < 1.29 is 24.8 Å². The topological polar surface area (TPSA) is 79.2 Å². The number of benzene rings is 1. The molecular weight excluding hydrogens is 360 g/mol. The summed E-state index contributed by atoms with van der Waals surface area (Å²) in [5.41, 5.74) is 0.899. The molecule has 0 bridgehead atoms. The van der Waals surface area contributed by atoms with E-state index in [-0.39, 0.29) is 11.2 Å².